The van der Waals surface area contributed by atoms with Crippen LogP contribution in [0.25, 0.3) is 6.08 Å². The second-order valence-electron chi connectivity index (χ2n) is 4.70. The second kappa shape index (κ2) is 7.38. The van der Waals surface area contributed by atoms with Crippen LogP contribution in [0, 0.1) is 10.1 Å². The number of nitrogens with one attached hydrogen (secondary N) is 1. The molecule has 0 spiro atoms. The van der Waals surface area contributed by atoms with Crippen molar-refractivity contribution in [3.05, 3.63) is 74.8 Å². The van der Waals surface area contributed by atoms with Gasteiger partial charge in [0.2, 0.25) is 5.91 Å². The number of nitrogens with zero attached hydrogens (tertiary/aromatic N) is 1. The Morgan fingerprint density at radius 1 is 1.21 bits per heavy atom. The molecular formula is C16H12ClN3O4. The van der Waals surface area contributed by atoms with Crippen LogP contribution in [-0.2, 0) is 4.79 Å². The largest absolute Gasteiger partial charge is 0.366 e. The number of rotatable bonds is 5. The van der Waals surface area contributed by atoms with Crippen molar-refractivity contribution < 1.29 is 14.5 Å². The van der Waals surface area contributed by atoms with Gasteiger partial charge in [-0.25, -0.2) is 0 Å². The summed E-state index contributed by atoms with van der Waals surface area (Å²) in [5, 5.41) is 13.4. The lowest BCUT2D eigenvalue weighted by atomic mass is 10.1. The number of hydrogen-bond acceptors (Lipinski definition) is 4. The van der Waals surface area contributed by atoms with Gasteiger partial charge in [-0.3, -0.25) is 19.7 Å². The van der Waals surface area contributed by atoms with Crippen LogP contribution in [0.3, 0.4) is 0 Å². The van der Waals surface area contributed by atoms with Crippen LogP contribution in [0.1, 0.15) is 15.9 Å². The van der Waals surface area contributed by atoms with E-state index in [-0.39, 0.29) is 22.0 Å². The lowest BCUT2D eigenvalue weighted by Crippen LogP contribution is -2.16. The number of primary amides is 1. The molecule has 0 bridgehead atoms. The van der Waals surface area contributed by atoms with Crippen LogP contribution in [-0.4, -0.2) is 16.7 Å². The molecule has 0 aliphatic heterocycles. The van der Waals surface area contributed by atoms with E-state index >= 15 is 0 Å². The van der Waals surface area contributed by atoms with Gasteiger partial charge in [0.05, 0.1) is 16.2 Å². The first-order chi connectivity index (χ1) is 11.4. The minimum absolute atomic E-state index is 0.0111. The van der Waals surface area contributed by atoms with Gasteiger partial charge in [-0.1, -0.05) is 29.8 Å². The normalized spacial score (nSPS) is 10.5. The number of amides is 2. The molecule has 0 saturated carbocycles. The smallest absolute Gasteiger partial charge is 0.288 e. The maximum atomic E-state index is 11.9. The lowest BCUT2D eigenvalue weighted by Gasteiger charge is -2.06. The summed E-state index contributed by atoms with van der Waals surface area (Å²) in [7, 11) is 0. The minimum atomic E-state index is -0.664. The summed E-state index contributed by atoms with van der Waals surface area (Å²) in [6.07, 6.45) is 2.58. The van der Waals surface area contributed by atoms with Crippen LogP contribution in [0.4, 0.5) is 11.4 Å². The Morgan fingerprint density at radius 2 is 1.92 bits per heavy atom. The van der Waals surface area contributed by atoms with E-state index in [9.17, 15) is 19.7 Å². The molecule has 0 fully saturated rings. The number of benzene rings is 2. The van der Waals surface area contributed by atoms with E-state index in [1.807, 2.05) is 0 Å². The molecule has 2 aromatic rings. The Bertz CT molecular complexity index is 849. The fourth-order valence-corrected chi connectivity index (χ4v) is 2.11. The highest BCUT2D eigenvalue weighted by molar-refractivity contribution is 6.32. The van der Waals surface area contributed by atoms with E-state index in [0.717, 1.165) is 0 Å². The molecule has 0 aromatic heterocycles. The second-order valence-corrected chi connectivity index (χ2v) is 5.11. The molecule has 0 unspecified atom stereocenters. The standard InChI is InChI=1S/C16H12ClN3O4/c17-12-7-5-10(9-14(12)20(23)24)6-8-15(21)19-13-4-2-1-3-11(13)16(18)22/h1-9H,(H2,18,22)(H,19,21)/b8-6+. The van der Waals surface area contributed by atoms with Crippen molar-refractivity contribution in [3.8, 4) is 0 Å². The molecule has 122 valence electrons. The Labute approximate surface area is 141 Å². The number of para-hydroxylation sites is 1. The predicted octanol–water partition coefficient (Wildman–Crippen LogP) is 3.00. The Hall–Kier alpha value is -3.19. The zero-order chi connectivity index (χ0) is 17.7. The average Bonchev–Trinajstić information content (AvgIpc) is 2.54. The molecule has 0 radical (unpaired) electrons. The number of hydrogen-bond donors (Lipinski definition) is 2. The van der Waals surface area contributed by atoms with Gasteiger partial charge in [0.25, 0.3) is 11.6 Å². The molecule has 0 heterocycles. The lowest BCUT2D eigenvalue weighted by molar-refractivity contribution is -0.384. The third-order valence-electron chi connectivity index (χ3n) is 3.04. The fourth-order valence-electron chi connectivity index (χ4n) is 1.93. The summed E-state index contributed by atoms with van der Waals surface area (Å²) in [4.78, 5) is 33.4. The van der Waals surface area contributed by atoms with Crippen LogP contribution in [0.5, 0.6) is 0 Å². The van der Waals surface area contributed by atoms with Crippen LogP contribution >= 0.6 is 11.6 Å². The third kappa shape index (κ3) is 4.17. The number of anilines is 1. The van der Waals surface area contributed by atoms with Crippen molar-refractivity contribution in [2.24, 2.45) is 5.73 Å². The summed E-state index contributed by atoms with van der Waals surface area (Å²) in [6.45, 7) is 0. The van der Waals surface area contributed by atoms with Crippen LogP contribution < -0.4 is 11.1 Å². The maximum Gasteiger partial charge on any atom is 0.288 e. The molecule has 2 aromatic carbocycles. The van der Waals surface area contributed by atoms with Gasteiger partial charge < -0.3 is 11.1 Å². The number of carbonyl (C=O) groups is 2. The average molecular weight is 346 g/mol. The van der Waals surface area contributed by atoms with Gasteiger partial charge in [0.1, 0.15) is 5.02 Å². The van der Waals surface area contributed by atoms with Gasteiger partial charge in [0.15, 0.2) is 0 Å². The van der Waals surface area contributed by atoms with E-state index in [2.05, 4.69) is 5.32 Å². The molecule has 24 heavy (non-hydrogen) atoms. The SMILES string of the molecule is NC(=O)c1ccccc1NC(=O)/C=C/c1ccc(Cl)c([N+](=O)[O-])c1. The highest BCUT2D eigenvalue weighted by Gasteiger charge is 2.12. The number of halogens is 1. The summed E-state index contributed by atoms with van der Waals surface area (Å²) in [5.41, 5.74) is 5.87. The molecule has 0 saturated heterocycles. The topological polar surface area (TPSA) is 115 Å². The minimum Gasteiger partial charge on any atom is -0.366 e. The molecule has 0 atom stereocenters. The number of nitrogens with two attached hydrogens (primary N) is 1. The number of nitro groups is 1. The van der Waals surface area contributed by atoms with Crippen LogP contribution in [0.2, 0.25) is 5.02 Å². The van der Waals surface area contributed by atoms with E-state index < -0.39 is 16.7 Å². The van der Waals surface area contributed by atoms with Crippen molar-refractivity contribution in [2.45, 2.75) is 0 Å². The summed E-state index contributed by atoms with van der Waals surface area (Å²) in [5.74, 6) is -1.18. The van der Waals surface area contributed by atoms with Gasteiger partial charge in [-0.05, 0) is 29.8 Å². The Morgan fingerprint density at radius 3 is 2.58 bits per heavy atom. The molecule has 2 rings (SSSR count). The molecule has 7 nitrogen and oxygen atoms in total. The Kier molecular flexibility index (Phi) is 5.28. The summed E-state index contributed by atoms with van der Waals surface area (Å²) in [6, 6.07) is 10.5. The monoisotopic (exact) mass is 345 g/mol. The van der Waals surface area contributed by atoms with Gasteiger partial charge >= 0.3 is 0 Å². The first-order valence-electron chi connectivity index (χ1n) is 6.70. The van der Waals surface area contributed by atoms with Crippen molar-refractivity contribution >= 4 is 40.9 Å². The quantitative estimate of drug-likeness (QED) is 0.492. The van der Waals surface area contributed by atoms with E-state index in [0.29, 0.717) is 5.56 Å². The fraction of sp³-hybridized carbons (Fsp3) is 0. The van der Waals surface area contributed by atoms with E-state index in [1.165, 1.54) is 36.4 Å². The van der Waals surface area contributed by atoms with Gasteiger partial charge in [-0.2, -0.15) is 0 Å². The number of nitro benzene ring substituents is 1. The molecule has 0 aliphatic rings. The Balaban J connectivity index is 2.16. The van der Waals surface area contributed by atoms with Crippen molar-refractivity contribution in [3.63, 3.8) is 0 Å². The van der Waals surface area contributed by atoms with Crippen molar-refractivity contribution in [2.75, 3.05) is 5.32 Å². The number of carbonyl (C=O) groups excluding carboxylic acids is 2. The highest BCUT2D eigenvalue weighted by atomic mass is 35.5. The molecule has 0 aliphatic carbocycles. The summed E-state index contributed by atoms with van der Waals surface area (Å²) >= 11 is 5.72. The molecule has 3 N–H and O–H groups in total. The molecular weight excluding hydrogens is 334 g/mol. The first kappa shape index (κ1) is 17.2. The zero-order valence-electron chi connectivity index (χ0n) is 12.2. The zero-order valence-corrected chi connectivity index (χ0v) is 13.0. The molecule has 8 heteroatoms. The van der Waals surface area contributed by atoms with Crippen molar-refractivity contribution in [1.82, 2.24) is 0 Å². The third-order valence-corrected chi connectivity index (χ3v) is 3.36. The van der Waals surface area contributed by atoms with Gasteiger partial charge in [-0.15, -0.1) is 0 Å². The predicted molar refractivity (Wildman–Crippen MR) is 90.7 cm³/mol. The first-order valence-corrected chi connectivity index (χ1v) is 7.08. The molecule has 2 amide bonds. The maximum absolute atomic E-state index is 11.9. The van der Waals surface area contributed by atoms with Gasteiger partial charge in [0, 0.05) is 12.1 Å². The summed E-state index contributed by atoms with van der Waals surface area (Å²) < 4.78 is 0. The van der Waals surface area contributed by atoms with E-state index in [4.69, 9.17) is 17.3 Å². The van der Waals surface area contributed by atoms with Crippen LogP contribution in [0.15, 0.2) is 48.5 Å². The van der Waals surface area contributed by atoms with E-state index in [1.54, 1.807) is 18.2 Å². The van der Waals surface area contributed by atoms with Crippen molar-refractivity contribution in [1.29, 1.82) is 0 Å². The highest BCUT2D eigenvalue weighted by Crippen LogP contribution is 2.25.